The molecule has 3 aliphatic rings. The molecule has 2 atom stereocenters. The van der Waals surface area contributed by atoms with Crippen LogP contribution in [0.5, 0.6) is 11.5 Å². The van der Waals surface area contributed by atoms with Crippen LogP contribution >= 0.6 is 11.8 Å². The molecule has 4 rings (SSSR count). The van der Waals surface area contributed by atoms with E-state index in [9.17, 15) is 8.42 Å². The van der Waals surface area contributed by atoms with Crippen LogP contribution in [0.2, 0.25) is 0 Å². The molecule has 2 unspecified atom stereocenters. The summed E-state index contributed by atoms with van der Waals surface area (Å²) < 4.78 is 35.5. The van der Waals surface area contributed by atoms with Crippen LogP contribution in [0.1, 0.15) is 13.8 Å². The number of benzene rings is 1. The molecule has 1 aromatic rings. The zero-order valence-electron chi connectivity index (χ0n) is 14.8. The fourth-order valence-corrected chi connectivity index (χ4v) is 6.40. The predicted molar refractivity (Wildman–Crippen MR) is 105 cm³/mol. The average molecular weight is 395 g/mol. The van der Waals surface area contributed by atoms with Gasteiger partial charge < -0.3 is 14.4 Å². The Balaban J connectivity index is 1.66. The third-order valence-corrected chi connectivity index (χ3v) is 7.21. The second-order valence-corrected chi connectivity index (χ2v) is 10.1. The van der Waals surface area contributed by atoms with Crippen molar-refractivity contribution in [2.75, 3.05) is 35.4 Å². The summed E-state index contributed by atoms with van der Waals surface area (Å²) in [5, 5.41) is 0.879. The van der Waals surface area contributed by atoms with Crippen LogP contribution in [-0.4, -0.2) is 56.1 Å². The zero-order chi connectivity index (χ0) is 18.3. The molecule has 8 heteroatoms. The van der Waals surface area contributed by atoms with E-state index in [1.54, 1.807) is 11.8 Å². The SMILES string of the molecule is CC(C)=CCSC1=NC2CS(=O)(=O)CC2N1c1ccc2c(c1)OCCO2. The molecule has 1 saturated heterocycles. The molecule has 0 aromatic heterocycles. The van der Waals surface area contributed by atoms with Crippen LogP contribution in [0.4, 0.5) is 5.69 Å². The van der Waals surface area contributed by atoms with E-state index in [-0.39, 0.29) is 23.6 Å². The quantitative estimate of drug-likeness (QED) is 0.734. The molecule has 3 heterocycles. The monoisotopic (exact) mass is 394 g/mol. The highest BCUT2D eigenvalue weighted by Crippen LogP contribution is 2.39. The van der Waals surface area contributed by atoms with Crippen molar-refractivity contribution in [3.8, 4) is 11.5 Å². The van der Waals surface area contributed by atoms with E-state index in [2.05, 4.69) is 24.8 Å². The maximum atomic E-state index is 12.1. The number of nitrogens with zero attached hydrogens (tertiary/aromatic N) is 2. The van der Waals surface area contributed by atoms with E-state index >= 15 is 0 Å². The van der Waals surface area contributed by atoms with Crippen LogP contribution < -0.4 is 14.4 Å². The Labute approximate surface area is 158 Å². The van der Waals surface area contributed by atoms with Crippen molar-refractivity contribution in [2.45, 2.75) is 25.9 Å². The molecule has 140 valence electrons. The van der Waals surface area contributed by atoms with E-state index in [4.69, 9.17) is 14.5 Å². The summed E-state index contributed by atoms with van der Waals surface area (Å²) in [6, 6.07) is 5.44. The summed E-state index contributed by atoms with van der Waals surface area (Å²) in [4.78, 5) is 6.80. The van der Waals surface area contributed by atoms with Gasteiger partial charge in [0.15, 0.2) is 26.5 Å². The summed E-state index contributed by atoms with van der Waals surface area (Å²) in [7, 11) is -3.05. The van der Waals surface area contributed by atoms with Gasteiger partial charge in [0.1, 0.15) is 13.2 Å². The molecule has 0 saturated carbocycles. The van der Waals surface area contributed by atoms with Crippen LogP contribution in [0, 0.1) is 0 Å². The van der Waals surface area contributed by atoms with Gasteiger partial charge in [0.25, 0.3) is 0 Å². The van der Waals surface area contributed by atoms with Gasteiger partial charge in [-0.2, -0.15) is 0 Å². The smallest absolute Gasteiger partial charge is 0.164 e. The van der Waals surface area contributed by atoms with Crippen molar-refractivity contribution in [1.29, 1.82) is 0 Å². The summed E-state index contributed by atoms with van der Waals surface area (Å²) in [5.41, 5.74) is 2.16. The first kappa shape index (κ1) is 17.7. The fourth-order valence-electron chi connectivity index (χ4n) is 3.40. The number of sulfone groups is 1. The first-order chi connectivity index (χ1) is 12.4. The number of aliphatic imine (C=N–C) groups is 1. The molecule has 1 fully saturated rings. The molecule has 0 amide bonds. The van der Waals surface area contributed by atoms with Gasteiger partial charge in [-0.05, 0) is 26.0 Å². The van der Waals surface area contributed by atoms with Crippen LogP contribution in [0.25, 0.3) is 0 Å². The molecule has 0 radical (unpaired) electrons. The van der Waals surface area contributed by atoms with Crippen molar-refractivity contribution < 1.29 is 17.9 Å². The number of rotatable bonds is 3. The third-order valence-electron chi connectivity index (χ3n) is 4.62. The highest BCUT2D eigenvalue weighted by molar-refractivity contribution is 8.14. The number of ether oxygens (including phenoxy) is 2. The van der Waals surface area contributed by atoms with Crippen molar-refractivity contribution in [3.63, 3.8) is 0 Å². The van der Waals surface area contributed by atoms with Crippen molar-refractivity contribution in [3.05, 3.63) is 29.8 Å². The summed E-state index contributed by atoms with van der Waals surface area (Å²) in [6.07, 6.45) is 2.15. The number of hydrogen-bond acceptors (Lipinski definition) is 7. The summed E-state index contributed by atoms with van der Waals surface area (Å²) >= 11 is 1.64. The first-order valence-electron chi connectivity index (χ1n) is 8.66. The van der Waals surface area contributed by atoms with Crippen molar-refractivity contribution >= 4 is 32.5 Å². The average Bonchev–Trinajstić information content (AvgIpc) is 3.05. The molecule has 0 aliphatic carbocycles. The van der Waals surface area contributed by atoms with Gasteiger partial charge in [0.05, 0.1) is 23.6 Å². The number of allylic oxidation sites excluding steroid dienone is 1. The molecule has 0 bridgehead atoms. The Morgan fingerprint density at radius 1 is 1.27 bits per heavy atom. The second-order valence-electron chi connectivity index (χ2n) is 6.91. The lowest BCUT2D eigenvalue weighted by atomic mass is 10.1. The van der Waals surface area contributed by atoms with Gasteiger partial charge in [-0.15, -0.1) is 0 Å². The van der Waals surface area contributed by atoms with Crippen LogP contribution in [0.3, 0.4) is 0 Å². The van der Waals surface area contributed by atoms with Crippen molar-refractivity contribution in [1.82, 2.24) is 0 Å². The van der Waals surface area contributed by atoms with Gasteiger partial charge in [-0.25, -0.2) is 8.42 Å². The lowest BCUT2D eigenvalue weighted by Gasteiger charge is -2.28. The molecule has 0 spiro atoms. The molecule has 3 aliphatic heterocycles. The number of amidine groups is 1. The zero-order valence-corrected chi connectivity index (χ0v) is 16.5. The molecular weight excluding hydrogens is 372 g/mol. The molecule has 1 aromatic carbocycles. The van der Waals surface area contributed by atoms with Crippen LogP contribution in [0.15, 0.2) is 34.8 Å². The Bertz CT molecular complexity index is 875. The number of hydrogen-bond donors (Lipinski definition) is 0. The minimum atomic E-state index is -3.05. The molecule has 0 N–H and O–H groups in total. The van der Waals surface area contributed by atoms with E-state index in [0.717, 1.165) is 22.4 Å². The predicted octanol–water partition coefficient (Wildman–Crippen LogP) is 2.50. The van der Waals surface area contributed by atoms with Gasteiger partial charge in [-0.3, -0.25) is 4.99 Å². The highest BCUT2D eigenvalue weighted by atomic mass is 32.2. The lowest BCUT2D eigenvalue weighted by Crippen LogP contribution is -2.39. The fraction of sp³-hybridized carbons (Fsp3) is 0.500. The number of anilines is 1. The minimum Gasteiger partial charge on any atom is -0.486 e. The Morgan fingerprint density at radius 3 is 2.81 bits per heavy atom. The Hall–Kier alpha value is -1.67. The van der Waals surface area contributed by atoms with Gasteiger partial charge in [0.2, 0.25) is 0 Å². The second kappa shape index (κ2) is 6.81. The number of fused-ring (bicyclic) bond motifs is 2. The van der Waals surface area contributed by atoms with Gasteiger partial charge in [0, 0.05) is 17.5 Å². The third kappa shape index (κ3) is 3.44. The van der Waals surface area contributed by atoms with E-state index in [0.29, 0.717) is 19.0 Å². The van der Waals surface area contributed by atoms with Crippen molar-refractivity contribution in [2.24, 2.45) is 4.99 Å². The summed E-state index contributed by atoms with van der Waals surface area (Å²) in [6.45, 7) is 5.20. The first-order valence-corrected chi connectivity index (χ1v) is 11.5. The molecule has 6 nitrogen and oxygen atoms in total. The Morgan fingerprint density at radius 2 is 2.04 bits per heavy atom. The largest absolute Gasteiger partial charge is 0.486 e. The van der Waals surface area contributed by atoms with Gasteiger partial charge >= 0.3 is 0 Å². The summed E-state index contributed by atoms with van der Waals surface area (Å²) in [5.74, 6) is 2.51. The topological polar surface area (TPSA) is 68.2 Å². The minimum absolute atomic E-state index is 0.130. The van der Waals surface area contributed by atoms with E-state index in [1.165, 1.54) is 5.57 Å². The maximum absolute atomic E-state index is 12.1. The standard InChI is InChI=1S/C18H22N2O4S2/c1-12(2)5-8-25-18-19-14-10-26(21,22)11-15(14)20(18)13-3-4-16-17(9-13)24-7-6-23-16/h3-5,9,14-15H,6-8,10-11H2,1-2H3. The molecular formula is C18H22N2O4S2. The Kier molecular flexibility index (Phi) is 4.64. The number of thioether (sulfide) groups is 1. The van der Waals surface area contributed by atoms with Gasteiger partial charge in [-0.1, -0.05) is 23.4 Å². The lowest BCUT2D eigenvalue weighted by molar-refractivity contribution is 0.171. The van der Waals surface area contributed by atoms with E-state index < -0.39 is 9.84 Å². The van der Waals surface area contributed by atoms with E-state index in [1.807, 2.05) is 18.2 Å². The highest BCUT2D eigenvalue weighted by Gasteiger charge is 2.47. The molecule has 26 heavy (non-hydrogen) atoms. The normalized spacial score (nSPS) is 25.6. The maximum Gasteiger partial charge on any atom is 0.164 e. The van der Waals surface area contributed by atoms with Crippen LogP contribution in [-0.2, 0) is 9.84 Å².